The summed E-state index contributed by atoms with van der Waals surface area (Å²) in [6.07, 6.45) is 0. The number of hydrogen-bond acceptors (Lipinski definition) is 3. The van der Waals surface area contributed by atoms with Crippen molar-refractivity contribution in [2.24, 2.45) is 0 Å². The smallest absolute Gasteiger partial charge is 0.123 e. The number of nitriles is 1. The van der Waals surface area contributed by atoms with Gasteiger partial charge in [0.15, 0.2) is 0 Å². The summed E-state index contributed by atoms with van der Waals surface area (Å²) < 4.78 is 12.8. The largest absolute Gasteiger partial charge is 0.283 e. The molecule has 1 atom stereocenters. The average molecular weight is 236 g/mol. The lowest BCUT2D eigenvalue weighted by molar-refractivity contribution is 0.261. The first kappa shape index (κ1) is 11.4. The third-order valence-electron chi connectivity index (χ3n) is 2.72. The maximum Gasteiger partial charge on any atom is 0.123 e. The van der Waals surface area contributed by atoms with Gasteiger partial charge in [-0.2, -0.15) is 17.0 Å². The highest BCUT2D eigenvalue weighted by Crippen LogP contribution is 2.23. The van der Waals surface area contributed by atoms with E-state index in [0.29, 0.717) is 0 Å². The van der Waals surface area contributed by atoms with Gasteiger partial charge in [0.1, 0.15) is 11.9 Å². The molecule has 1 fully saturated rings. The summed E-state index contributed by atoms with van der Waals surface area (Å²) in [7, 11) is 0. The average Bonchev–Trinajstić information content (AvgIpc) is 2.34. The summed E-state index contributed by atoms with van der Waals surface area (Å²) >= 11 is 1.91. The molecule has 84 valence electrons. The van der Waals surface area contributed by atoms with Crippen molar-refractivity contribution < 1.29 is 4.39 Å². The van der Waals surface area contributed by atoms with Crippen LogP contribution in [-0.4, -0.2) is 29.5 Å². The summed E-state index contributed by atoms with van der Waals surface area (Å²) in [5.74, 6) is 1.88. The summed E-state index contributed by atoms with van der Waals surface area (Å²) in [5.41, 5.74) is 0.885. The Morgan fingerprint density at radius 2 is 1.88 bits per heavy atom. The van der Waals surface area contributed by atoms with Gasteiger partial charge in [-0.25, -0.2) is 4.39 Å². The molecule has 0 amide bonds. The Hall–Kier alpha value is -1.05. The Kier molecular flexibility index (Phi) is 3.81. The van der Waals surface area contributed by atoms with Crippen LogP contribution in [0.4, 0.5) is 4.39 Å². The fourth-order valence-corrected chi connectivity index (χ4v) is 2.78. The van der Waals surface area contributed by atoms with Gasteiger partial charge in [-0.05, 0) is 17.7 Å². The lowest BCUT2D eigenvalue weighted by Crippen LogP contribution is -2.35. The van der Waals surface area contributed by atoms with Gasteiger partial charge in [-0.3, -0.25) is 4.90 Å². The first-order valence-corrected chi connectivity index (χ1v) is 6.43. The molecule has 0 aromatic heterocycles. The van der Waals surface area contributed by atoms with Crippen molar-refractivity contribution in [3.8, 4) is 6.07 Å². The second-order valence-corrected chi connectivity index (χ2v) is 4.96. The quantitative estimate of drug-likeness (QED) is 0.789. The van der Waals surface area contributed by atoms with Crippen molar-refractivity contribution in [3.63, 3.8) is 0 Å². The molecule has 0 aliphatic carbocycles. The molecule has 2 nitrogen and oxygen atoms in total. The van der Waals surface area contributed by atoms with Crippen LogP contribution in [0.15, 0.2) is 24.3 Å². The lowest BCUT2D eigenvalue weighted by atomic mass is 10.1. The van der Waals surface area contributed by atoms with E-state index in [1.54, 1.807) is 12.1 Å². The minimum Gasteiger partial charge on any atom is -0.283 e. The predicted molar refractivity (Wildman–Crippen MR) is 63.7 cm³/mol. The highest BCUT2D eigenvalue weighted by atomic mass is 32.2. The zero-order chi connectivity index (χ0) is 11.4. The second kappa shape index (κ2) is 5.33. The van der Waals surface area contributed by atoms with Crippen molar-refractivity contribution in [2.75, 3.05) is 24.6 Å². The van der Waals surface area contributed by atoms with E-state index in [-0.39, 0.29) is 11.9 Å². The number of hydrogen-bond donors (Lipinski definition) is 0. The highest BCUT2D eigenvalue weighted by molar-refractivity contribution is 7.99. The van der Waals surface area contributed by atoms with Crippen LogP contribution in [0, 0.1) is 17.1 Å². The van der Waals surface area contributed by atoms with Crippen molar-refractivity contribution in [1.29, 1.82) is 5.26 Å². The van der Waals surface area contributed by atoms with Crippen LogP contribution in [0.3, 0.4) is 0 Å². The number of benzene rings is 1. The normalized spacial score (nSPS) is 19.0. The van der Waals surface area contributed by atoms with Gasteiger partial charge in [0.2, 0.25) is 0 Å². The monoisotopic (exact) mass is 236 g/mol. The summed E-state index contributed by atoms with van der Waals surface area (Å²) in [5, 5.41) is 9.21. The summed E-state index contributed by atoms with van der Waals surface area (Å²) in [4.78, 5) is 2.16. The Morgan fingerprint density at radius 3 is 2.44 bits per heavy atom. The Labute approximate surface area is 99.1 Å². The van der Waals surface area contributed by atoms with Gasteiger partial charge >= 0.3 is 0 Å². The third kappa shape index (κ3) is 2.55. The van der Waals surface area contributed by atoms with E-state index in [9.17, 15) is 9.65 Å². The molecule has 1 heterocycles. The number of thioether (sulfide) groups is 1. The van der Waals surface area contributed by atoms with Crippen LogP contribution < -0.4 is 0 Å². The molecule has 1 aliphatic rings. The van der Waals surface area contributed by atoms with Crippen molar-refractivity contribution >= 4 is 11.8 Å². The SMILES string of the molecule is N#CC(c1ccc(F)cc1)N1CCSCC1. The number of halogens is 1. The molecule has 2 rings (SSSR count). The Balaban J connectivity index is 2.15. The van der Waals surface area contributed by atoms with Crippen molar-refractivity contribution in [1.82, 2.24) is 4.90 Å². The first-order valence-electron chi connectivity index (χ1n) is 5.28. The standard InChI is InChI=1S/C12H13FN2S/c13-11-3-1-10(2-4-11)12(9-14)15-5-7-16-8-6-15/h1-4,12H,5-8H2. The maximum absolute atomic E-state index is 12.8. The van der Waals surface area contributed by atoms with E-state index >= 15 is 0 Å². The van der Waals surface area contributed by atoms with Crippen LogP contribution in [0.1, 0.15) is 11.6 Å². The molecule has 0 bridgehead atoms. The van der Waals surface area contributed by atoms with E-state index in [2.05, 4.69) is 11.0 Å². The molecule has 1 aromatic rings. The topological polar surface area (TPSA) is 27.0 Å². The highest BCUT2D eigenvalue weighted by Gasteiger charge is 2.21. The number of nitrogens with zero attached hydrogens (tertiary/aromatic N) is 2. The maximum atomic E-state index is 12.8. The molecule has 0 saturated carbocycles. The molecular formula is C12H13FN2S. The van der Waals surface area contributed by atoms with Crippen molar-refractivity contribution in [3.05, 3.63) is 35.6 Å². The zero-order valence-corrected chi connectivity index (χ0v) is 9.71. The van der Waals surface area contributed by atoms with Gasteiger partial charge in [0, 0.05) is 24.6 Å². The molecule has 0 N–H and O–H groups in total. The molecule has 1 aromatic carbocycles. The molecule has 16 heavy (non-hydrogen) atoms. The van der Waals surface area contributed by atoms with Crippen LogP contribution in [0.2, 0.25) is 0 Å². The van der Waals surface area contributed by atoms with Gasteiger partial charge < -0.3 is 0 Å². The van der Waals surface area contributed by atoms with Gasteiger partial charge in [-0.15, -0.1) is 0 Å². The molecule has 1 unspecified atom stereocenters. The predicted octanol–water partition coefficient (Wildman–Crippen LogP) is 2.44. The first-order chi connectivity index (χ1) is 7.81. The van der Waals surface area contributed by atoms with E-state index < -0.39 is 0 Å². The fourth-order valence-electron chi connectivity index (χ4n) is 1.85. The minimum atomic E-state index is -0.255. The van der Waals surface area contributed by atoms with E-state index in [1.165, 1.54) is 12.1 Å². The fraction of sp³-hybridized carbons (Fsp3) is 0.417. The molecule has 0 radical (unpaired) electrons. The van der Waals surface area contributed by atoms with Crippen LogP contribution in [0.25, 0.3) is 0 Å². The Bertz CT molecular complexity index is 379. The third-order valence-corrected chi connectivity index (χ3v) is 3.66. The summed E-state index contributed by atoms with van der Waals surface area (Å²) in [6.45, 7) is 1.86. The van der Waals surface area contributed by atoms with E-state index in [0.717, 1.165) is 30.2 Å². The minimum absolute atomic E-state index is 0.235. The van der Waals surface area contributed by atoms with Crippen molar-refractivity contribution in [2.45, 2.75) is 6.04 Å². The second-order valence-electron chi connectivity index (χ2n) is 3.73. The molecular weight excluding hydrogens is 223 g/mol. The molecule has 1 aliphatic heterocycles. The van der Waals surface area contributed by atoms with Crippen LogP contribution in [0.5, 0.6) is 0 Å². The van der Waals surface area contributed by atoms with Gasteiger partial charge in [-0.1, -0.05) is 12.1 Å². The van der Waals surface area contributed by atoms with E-state index in [1.807, 2.05) is 11.8 Å². The molecule has 4 heteroatoms. The van der Waals surface area contributed by atoms with Crippen LogP contribution in [-0.2, 0) is 0 Å². The zero-order valence-electron chi connectivity index (χ0n) is 8.90. The number of rotatable bonds is 2. The lowest BCUT2D eigenvalue weighted by Gasteiger charge is -2.30. The molecule has 1 saturated heterocycles. The van der Waals surface area contributed by atoms with Gasteiger partial charge in [0.25, 0.3) is 0 Å². The molecule has 0 spiro atoms. The van der Waals surface area contributed by atoms with E-state index in [4.69, 9.17) is 0 Å². The van der Waals surface area contributed by atoms with Gasteiger partial charge in [0.05, 0.1) is 6.07 Å². The summed E-state index contributed by atoms with van der Waals surface area (Å²) in [6, 6.07) is 8.30. The Morgan fingerprint density at radius 1 is 1.25 bits per heavy atom. The van der Waals surface area contributed by atoms with Crippen LogP contribution >= 0.6 is 11.8 Å².